The molecule has 1 aromatic rings. The second kappa shape index (κ2) is 2.42. The largest absolute Gasteiger partial charge is 0.505 e. The predicted octanol–water partition coefficient (Wildman–Crippen LogP) is 0.248. The van der Waals surface area contributed by atoms with Gasteiger partial charge in [0, 0.05) is 7.05 Å². The summed E-state index contributed by atoms with van der Waals surface area (Å²) in [5, 5.41) is 12.5. The maximum Gasteiger partial charge on any atom is 0.284 e. The fourth-order valence-corrected chi connectivity index (χ4v) is 0.861. The van der Waals surface area contributed by atoms with E-state index in [0.29, 0.717) is 0 Å². The SMILES string of the molecule is Cn1ncc(O)c(Br)c1=O. The summed E-state index contributed by atoms with van der Waals surface area (Å²) < 4.78 is 1.27. The van der Waals surface area contributed by atoms with Crippen molar-refractivity contribution in [2.75, 3.05) is 0 Å². The molecule has 0 spiro atoms. The van der Waals surface area contributed by atoms with Gasteiger partial charge in [-0.1, -0.05) is 0 Å². The zero-order valence-electron chi connectivity index (χ0n) is 5.21. The molecule has 5 heteroatoms. The lowest BCUT2D eigenvalue weighted by atomic mass is 10.5. The van der Waals surface area contributed by atoms with Crippen LogP contribution in [0.2, 0.25) is 0 Å². The van der Waals surface area contributed by atoms with Crippen LogP contribution in [0.3, 0.4) is 0 Å². The smallest absolute Gasteiger partial charge is 0.284 e. The summed E-state index contributed by atoms with van der Waals surface area (Å²) in [5.41, 5.74) is -0.347. The molecule has 4 nitrogen and oxygen atoms in total. The van der Waals surface area contributed by atoms with Crippen LogP contribution in [-0.2, 0) is 7.05 Å². The molecule has 0 saturated heterocycles. The van der Waals surface area contributed by atoms with Gasteiger partial charge in [0.15, 0.2) is 5.75 Å². The molecular weight excluding hydrogens is 200 g/mol. The summed E-state index contributed by atoms with van der Waals surface area (Å²) in [6, 6.07) is 0. The molecule has 1 aromatic heterocycles. The molecule has 0 amide bonds. The van der Waals surface area contributed by atoms with Crippen molar-refractivity contribution < 1.29 is 5.11 Å². The molecule has 1 rings (SSSR count). The van der Waals surface area contributed by atoms with Crippen molar-refractivity contribution in [3.8, 4) is 5.75 Å². The minimum absolute atomic E-state index is 0.136. The van der Waals surface area contributed by atoms with E-state index in [-0.39, 0.29) is 15.8 Å². The molecule has 0 aromatic carbocycles. The van der Waals surface area contributed by atoms with Gasteiger partial charge in [0.05, 0.1) is 6.20 Å². The average Bonchev–Trinajstić information content (AvgIpc) is 1.93. The number of aromatic nitrogens is 2. The lowest BCUT2D eigenvalue weighted by Gasteiger charge is -1.96. The van der Waals surface area contributed by atoms with Crippen LogP contribution >= 0.6 is 15.9 Å². The quantitative estimate of drug-likeness (QED) is 0.660. The van der Waals surface area contributed by atoms with Gasteiger partial charge in [0.1, 0.15) is 4.47 Å². The van der Waals surface area contributed by atoms with Crippen molar-refractivity contribution in [1.29, 1.82) is 0 Å². The summed E-state index contributed by atoms with van der Waals surface area (Å²) in [5.74, 6) is -0.136. The fraction of sp³-hybridized carbons (Fsp3) is 0.200. The third-order valence-electron chi connectivity index (χ3n) is 1.06. The van der Waals surface area contributed by atoms with Crippen LogP contribution in [0.5, 0.6) is 5.75 Å². The molecule has 0 aliphatic rings. The number of hydrogen-bond acceptors (Lipinski definition) is 3. The van der Waals surface area contributed by atoms with E-state index >= 15 is 0 Å². The first-order valence-corrected chi connectivity index (χ1v) is 3.33. The first-order valence-electron chi connectivity index (χ1n) is 2.53. The lowest BCUT2D eigenvalue weighted by Crippen LogP contribution is -2.19. The maximum absolute atomic E-state index is 10.9. The van der Waals surface area contributed by atoms with Gasteiger partial charge in [0.2, 0.25) is 0 Å². The summed E-state index contributed by atoms with van der Waals surface area (Å²) in [6.45, 7) is 0. The van der Waals surface area contributed by atoms with Crippen LogP contribution in [0.15, 0.2) is 15.5 Å². The first kappa shape index (κ1) is 7.27. The average molecular weight is 205 g/mol. The van der Waals surface area contributed by atoms with Crippen molar-refractivity contribution in [3.05, 3.63) is 21.0 Å². The standard InChI is InChI=1S/C5H5BrN2O2/c1-8-5(10)4(6)3(9)2-7-8/h2,9H,1H3. The minimum atomic E-state index is -0.347. The Labute approximate surface area is 65.2 Å². The van der Waals surface area contributed by atoms with Gasteiger partial charge in [-0.15, -0.1) is 0 Å². The van der Waals surface area contributed by atoms with Crippen molar-refractivity contribution in [1.82, 2.24) is 9.78 Å². The molecule has 0 unspecified atom stereocenters. The number of nitrogens with zero attached hydrogens (tertiary/aromatic N) is 2. The molecule has 0 aliphatic heterocycles. The number of hydrogen-bond donors (Lipinski definition) is 1. The third-order valence-corrected chi connectivity index (χ3v) is 1.81. The molecule has 0 aliphatic carbocycles. The normalized spacial score (nSPS) is 9.80. The molecule has 1 heterocycles. The fourth-order valence-electron chi connectivity index (χ4n) is 0.502. The van der Waals surface area contributed by atoms with E-state index in [9.17, 15) is 4.79 Å². The first-order chi connectivity index (χ1) is 4.63. The van der Waals surface area contributed by atoms with Crippen LogP contribution in [-0.4, -0.2) is 14.9 Å². The zero-order chi connectivity index (χ0) is 7.72. The summed E-state index contributed by atoms with van der Waals surface area (Å²) >= 11 is 2.91. The van der Waals surface area contributed by atoms with Crippen LogP contribution < -0.4 is 5.56 Å². The summed E-state index contributed by atoms with van der Waals surface area (Å²) in [7, 11) is 1.51. The van der Waals surface area contributed by atoms with Gasteiger partial charge < -0.3 is 5.11 Å². The maximum atomic E-state index is 10.9. The van der Waals surface area contributed by atoms with Crippen LogP contribution in [0, 0.1) is 0 Å². The van der Waals surface area contributed by atoms with Crippen molar-refractivity contribution >= 4 is 15.9 Å². The van der Waals surface area contributed by atoms with E-state index in [1.807, 2.05) is 0 Å². The van der Waals surface area contributed by atoms with E-state index in [0.717, 1.165) is 4.68 Å². The number of halogens is 1. The van der Waals surface area contributed by atoms with E-state index in [4.69, 9.17) is 5.11 Å². The Morgan fingerprint density at radius 2 is 2.40 bits per heavy atom. The monoisotopic (exact) mass is 204 g/mol. The van der Waals surface area contributed by atoms with Crippen molar-refractivity contribution in [2.45, 2.75) is 0 Å². The highest BCUT2D eigenvalue weighted by molar-refractivity contribution is 9.10. The molecular formula is C5H5BrN2O2. The molecule has 0 fully saturated rings. The highest BCUT2D eigenvalue weighted by atomic mass is 79.9. The molecule has 0 atom stereocenters. The van der Waals surface area contributed by atoms with Crippen LogP contribution in [0.25, 0.3) is 0 Å². The van der Waals surface area contributed by atoms with E-state index in [2.05, 4.69) is 21.0 Å². The van der Waals surface area contributed by atoms with Gasteiger partial charge in [-0.3, -0.25) is 4.79 Å². The molecule has 0 bridgehead atoms. The predicted molar refractivity (Wildman–Crippen MR) is 38.8 cm³/mol. The Bertz CT molecular complexity index is 307. The highest BCUT2D eigenvalue weighted by Crippen LogP contribution is 2.15. The number of aryl methyl sites for hydroxylation is 1. The minimum Gasteiger partial charge on any atom is -0.505 e. The van der Waals surface area contributed by atoms with Crippen LogP contribution in [0.1, 0.15) is 0 Å². The third kappa shape index (κ3) is 1.04. The van der Waals surface area contributed by atoms with E-state index in [1.165, 1.54) is 13.2 Å². The lowest BCUT2D eigenvalue weighted by molar-refractivity contribution is 0.460. The number of aromatic hydroxyl groups is 1. The molecule has 0 saturated carbocycles. The van der Waals surface area contributed by atoms with E-state index < -0.39 is 0 Å². The number of rotatable bonds is 0. The Kier molecular flexibility index (Phi) is 1.76. The Morgan fingerprint density at radius 1 is 1.80 bits per heavy atom. The van der Waals surface area contributed by atoms with E-state index in [1.54, 1.807) is 0 Å². The topological polar surface area (TPSA) is 55.1 Å². The van der Waals surface area contributed by atoms with Crippen LogP contribution in [0.4, 0.5) is 0 Å². The Hall–Kier alpha value is -0.840. The van der Waals surface area contributed by atoms with Gasteiger partial charge in [-0.05, 0) is 15.9 Å². The Morgan fingerprint density at radius 3 is 2.90 bits per heavy atom. The second-order valence-electron chi connectivity index (χ2n) is 1.77. The van der Waals surface area contributed by atoms with Gasteiger partial charge in [-0.25, -0.2) is 4.68 Å². The highest BCUT2D eigenvalue weighted by Gasteiger charge is 2.02. The molecule has 0 radical (unpaired) electrons. The summed E-state index contributed by atoms with van der Waals surface area (Å²) in [4.78, 5) is 10.9. The molecule has 10 heavy (non-hydrogen) atoms. The van der Waals surface area contributed by atoms with Crippen molar-refractivity contribution in [2.24, 2.45) is 7.05 Å². The van der Waals surface area contributed by atoms with Gasteiger partial charge in [0.25, 0.3) is 5.56 Å². The molecule has 54 valence electrons. The molecule has 1 N–H and O–H groups in total. The Balaban J connectivity index is 3.50. The van der Waals surface area contributed by atoms with Gasteiger partial charge >= 0.3 is 0 Å². The summed E-state index contributed by atoms with van der Waals surface area (Å²) in [6.07, 6.45) is 1.20. The van der Waals surface area contributed by atoms with Crippen molar-refractivity contribution in [3.63, 3.8) is 0 Å². The second-order valence-corrected chi connectivity index (χ2v) is 2.57. The zero-order valence-corrected chi connectivity index (χ0v) is 6.79. The van der Waals surface area contributed by atoms with Gasteiger partial charge in [-0.2, -0.15) is 5.10 Å².